The normalized spacial score (nSPS) is 14.4. The Labute approximate surface area is 199 Å². The summed E-state index contributed by atoms with van der Waals surface area (Å²) in [6.07, 6.45) is 1.50. The second-order valence-electron chi connectivity index (χ2n) is 7.14. The molecule has 0 bridgehead atoms. The number of carbonyl (C=O) groups is 2. The van der Waals surface area contributed by atoms with Crippen LogP contribution < -0.4 is 24.6 Å². The SMILES string of the molecule is COc1cc(/C=C2/C(=O)NN(c3ccccc3)C2=O)cc(OC)c1OCc1ccc(Br)cc1. The Morgan fingerprint density at radius 2 is 1.58 bits per heavy atom. The Kier molecular flexibility index (Phi) is 6.65. The van der Waals surface area contributed by atoms with Gasteiger partial charge in [0.05, 0.1) is 19.9 Å². The summed E-state index contributed by atoms with van der Waals surface area (Å²) in [5, 5.41) is 1.22. The minimum atomic E-state index is -0.489. The van der Waals surface area contributed by atoms with Crippen LogP contribution >= 0.6 is 15.9 Å². The van der Waals surface area contributed by atoms with Gasteiger partial charge in [0.1, 0.15) is 12.2 Å². The lowest BCUT2D eigenvalue weighted by molar-refractivity contribution is -0.117. The molecule has 3 aromatic carbocycles. The fourth-order valence-electron chi connectivity index (χ4n) is 3.34. The highest BCUT2D eigenvalue weighted by Gasteiger charge is 2.34. The molecule has 33 heavy (non-hydrogen) atoms. The van der Waals surface area contributed by atoms with Crippen molar-refractivity contribution in [2.75, 3.05) is 19.2 Å². The zero-order chi connectivity index (χ0) is 23.4. The molecule has 3 aromatic rings. The second-order valence-corrected chi connectivity index (χ2v) is 8.06. The van der Waals surface area contributed by atoms with Crippen LogP contribution in [0.15, 0.2) is 76.8 Å². The van der Waals surface area contributed by atoms with Gasteiger partial charge < -0.3 is 14.2 Å². The van der Waals surface area contributed by atoms with Crippen molar-refractivity contribution in [3.63, 3.8) is 0 Å². The summed E-state index contributed by atoms with van der Waals surface area (Å²) in [6.45, 7) is 0.313. The van der Waals surface area contributed by atoms with Crippen molar-refractivity contribution in [2.24, 2.45) is 0 Å². The van der Waals surface area contributed by atoms with E-state index in [0.29, 0.717) is 35.1 Å². The molecule has 8 heteroatoms. The molecule has 1 aliphatic heterocycles. The van der Waals surface area contributed by atoms with E-state index in [1.54, 1.807) is 36.4 Å². The van der Waals surface area contributed by atoms with Gasteiger partial charge in [0.15, 0.2) is 11.5 Å². The molecule has 1 saturated heterocycles. The van der Waals surface area contributed by atoms with Crippen LogP contribution in [0.2, 0.25) is 0 Å². The molecule has 0 spiro atoms. The highest BCUT2D eigenvalue weighted by molar-refractivity contribution is 9.10. The highest BCUT2D eigenvalue weighted by Crippen LogP contribution is 2.40. The van der Waals surface area contributed by atoms with E-state index in [1.807, 2.05) is 30.3 Å². The smallest absolute Gasteiger partial charge is 0.282 e. The maximum absolute atomic E-state index is 12.9. The van der Waals surface area contributed by atoms with Gasteiger partial charge in [-0.15, -0.1) is 0 Å². The fraction of sp³-hybridized carbons (Fsp3) is 0.120. The van der Waals surface area contributed by atoms with E-state index in [9.17, 15) is 9.59 Å². The quantitative estimate of drug-likeness (QED) is 0.375. The zero-order valence-corrected chi connectivity index (χ0v) is 19.6. The second kappa shape index (κ2) is 9.79. The number of methoxy groups -OCH3 is 2. The lowest BCUT2D eigenvalue weighted by Crippen LogP contribution is -2.35. The van der Waals surface area contributed by atoms with Crippen LogP contribution in [0.25, 0.3) is 6.08 Å². The zero-order valence-electron chi connectivity index (χ0n) is 18.0. The third kappa shape index (κ3) is 4.85. The summed E-state index contributed by atoms with van der Waals surface area (Å²) in [5.74, 6) is 0.336. The number of benzene rings is 3. The number of halogens is 1. The highest BCUT2D eigenvalue weighted by atomic mass is 79.9. The predicted molar refractivity (Wildman–Crippen MR) is 128 cm³/mol. The maximum atomic E-state index is 12.9. The monoisotopic (exact) mass is 508 g/mol. The summed E-state index contributed by atoms with van der Waals surface area (Å²) in [4.78, 5) is 25.4. The number of nitrogens with one attached hydrogen (secondary N) is 1. The Hall–Kier alpha value is -3.78. The van der Waals surface area contributed by atoms with Crippen LogP contribution in [0.4, 0.5) is 5.69 Å². The topological polar surface area (TPSA) is 77.1 Å². The van der Waals surface area contributed by atoms with Crippen molar-refractivity contribution >= 4 is 39.5 Å². The average molecular weight is 509 g/mol. The number of carbonyl (C=O) groups excluding carboxylic acids is 2. The van der Waals surface area contributed by atoms with Crippen molar-refractivity contribution < 1.29 is 23.8 Å². The number of hydrogen-bond donors (Lipinski definition) is 1. The molecule has 0 atom stereocenters. The molecule has 0 saturated carbocycles. The molecule has 0 aliphatic carbocycles. The minimum absolute atomic E-state index is 0.00601. The van der Waals surface area contributed by atoms with Crippen LogP contribution in [0.5, 0.6) is 17.2 Å². The summed E-state index contributed by atoms with van der Waals surface area (Å²) >= 11 is 3.41. The van der Waals surface area contributed by atoms with E-state index in [4.69, 9.17) is 14.2 Å². The molecule has 4 rings (SSSR count). The summed E-state index contributed by atoms with van der Waals surface area (Å²) < 4.78 is 18.0. The molecule has 7 nitrogen and oxygen atoms in total. The lowest BCUT2D eigenvalue weighted by atomic mass is 10.1. The van der Waals surface area contributed by atoms with Crippen LogP contribution in [-0.4, -0.2) is 26.0 Å². The molecular weight excluding hydrogens is 488 g/mol. The first kappa shape index (κ1) is 22.4. The van der Waals surface area contributed by atoms with Gasteiger partial charge in [0.2, 0.25) is 5.75 Å². The van der Waals surface area contributed by atoms with E-state index in [2.05, 4.69) is 21.4 Å². The van der Waals surface area contributed by atoms with Gasteiger partial charge in [0.25, 0.3) is 11.8 Å². The molecule has 1 aliphatic rings. The number of para-hydroxylation sites is 1. The van der Waals surface area contributed by atoms with Gasteiger partial charge in [-0.05, 0) is 53.6 Å². The van der Waals surface area contributed by atoms with E-state index in [0.717, 1.165) is 10.0 Å². The van der Waals surface area contributed by atoms with Gasteiger partial charge >= 0.3 is 0 Å². The van der Waals surface area contributed by atoms with E-state index in [-0.39, 0.29) is 5.57 Å². The van der Waals surface area contributed by atoms with Crippen molar-refractivity contribution in [1.82, 2.24) is 5.43 Å². The Morgan fingerprint density at radius 3 is 2.18 bits per heavy atom. The first-order valence-corrected chi connectivity index (χ1v) is 10.8. The number of nitrogens with zero attached hydrogens (tertiary/aromatic N) is 1. The Balaban J connectivity index is 1.62. The average Bonchev–Trinajstić information content (AvgIpc) is 3.12. The van der Waals surface area contributed by atoms with Crippen LogP contribution in [0.3, 0.4) is 0 Å². The van der Waals surface area contributed by atoms with Gasteiger partial charge in [-0.3, -0.25) is 15.0 Å². The van der Waals surface area contributed by atoms with Gasteiger partial charge in [-0.25, -0.2) is 5.01 Å². The number of rotatable bonds is 7. The molecule has 1 heterocycles. The molecule has 1 fully saturated rings. The fourth-order valence-corrected chi connectivity index (χ4v) is 3.61. The largest absolute Gasteiger partial charge is 0.493 e. The first-order valence-electron chi connectivity index (χ1n) is 10.1. The number of hydrazine groups is 1. The molecule has 0 unspecified atom stereocenters. The molecular formula is C25H21BrN2O5. The number of hydrogen-bond acceptors (Lipinski definition) is 5. The molecule has 0 radical (unpaired) electrons. The number of amides is 2. The van der Waals surface area contributed by atoms with Gasteiger partial charge in [-0.1, -0.05) is 46.3 Å². The minimum Gasteiger partial charge on any atom is -0.493 e. The maximum Gasteiger partial charge on any atom is 0.282 e. The van der Waals surface area contributed by atoms with Crippen molar-refractivity contribution in [1.29, 1.82) is 0 Å². The van der Waals surface area contributed by atoms with E-state index < -0.39 is 11.8 Å². The standard InChI is InChI=1S/C25H21BrN2O5/c1-31-21-13-17(12-20-24(29)27-28(25(20)30)19-6-4-3-5-7-19)14-22(32-2)23(21)33-15-16-8-10-18(26)11-9-16/h3-14H,15H2,1-2H3,(H,27,29)/b20-12-. The lowest BCUT2D eigenvalue weighted by Gasteiger charge is -2.16. The molecule has 1 N–H and O–H groups in total. The molecule has 0 aromatic heterocycles. The summed E-state index contributed by atoms with van der Waals surface area (Å²) in [5.41, 5.74) is 4.71. The van der Waals surface area contributed by atoms with Crippen LogP contribution in [0, 0.1) is 0 Å². The van der Waals surface area contributed by atoms with Crippen LogP contribution in [-0.2, 0) is 16.2 Å². The van der Waals surface area contributed by atoms with Crippen molar-refractivity contribution in [3.05, 3.63) is 87.9 Å². The summed E-state index contributed by atoms with van der Waals surface area (Å²) in [6, 6.07) is 20.1. The Bertz CT molecular complexity index is 1180. The number of ether oxygens (including phenoxy) is 3. The van der Waals surface area contributed by atoms with E-state index >= 15 is 0 Å². The Morgan fingerprint density at radius 1 is 0.939 bits per heavy atom. The molecule has 2 amide bonds. The van der Waals surface area contributed by atoms with Gasteiger partial charge in [0, 0.05) is 4.47 Å². The third-order valence-corrected chi connectivity index (χ3v) is 5.52. The van der Waals surface area contributed by atoms with Crippen molar-refractivity contribution in [3.8, 4) is 17.2 Å². The summed E-state index contributed by atoms with van der Waals surface area (Å²) in [7, 11) is 3.03. The van der Waals surface area contributed by atoms with E-state index in [1.165, 1.54) is 25.3 Å². The number of anilines is 1. The third-order valence-electron chi connectivity index (χ3n) is 5.00. The first-order chi connectivity index (χ1) is 16.0. The van der Waals surface area contributed by atoms with Crippen LogP contribution in [0.1, 0.15) is 11.1 Å². The molecule has 168 valence electrons. The van der Waals surface area contributed by atoms with Gasteiger partial charge in [-0.2, -0.15) is 0 Å². The predicted octanol–water partition coefficient (Wildman–Crippen LogP) is 4.51. The van der Waals surface area contributed by atoms with Crippen molar-refractivity contribution in [2.45, 2.75) is 6.61 Å².